The van der Waals surface area contributed by atoms with Crippen LogP contribution < -0.4 is 16.6 Å². The molecule has 0 spiro atoms. The molecule has 34 heavy (non-hydrogen) atoms. The van der Waals surface area contributed by atoms with Gasteiger partial charge in [0.15, 0.2) is 5.78 Å². The summed E-state index contributed by atoms with van der Waals surface area (Å²) in [6, 6.07) is 6.77. The van der Waals surface area contributed by atoms with Crippen LogP contribution in [0.1, 0.15) is 35.0 Å². The van der Waals surface area contributed by atoms with Gasteiger partial charge in [0.25, 0.3) is 5.56 Å². The van der Waals surface area contributed by atoms with Crippen molar-refractivity contribution in [1.82, 2.24) is 24.8 Å². The second-order valence-corrected chi connectivity index (χ2v) is 8.49. The lowest BCUT2D eigenvalue weighted by atomic mass is 10.1. The molecule has 0 saturated carbocycles. The zero-order valence-electron chi connectivity index (χ0n) is 18.6. The molecule has 4 rings (SSSR count). The number of nitrogens with zero attached hydrogens (tertiary/aromatic N) is 3. The number of hydrogen-bond donors (Lipinski definition) is 3. The molecule has 1 aliphatic rings. The third-order valence-electron chi connectivity index (χ3n) is 5.06. The summed E-state index contributed by atoms with van der Waals surface area (Å²) in [4.78, 5) is 55.6. The van der Waals surface area contributed by atoms with Crippen molar-refractivity contribution >= 4 is 23.6 Å². The summed E-state index contributed by atoms with van der Waals surface area (Å²) in [5, 5.41) is 10.5. The van der Waals surface area contributed by atoms with Gasteiger partial charge in [-0.2, -0.15) is 11.8 Å². The van der Waals surface area contributed by atoms with Crippen LogP contribution in [-0.2, 0) is 18.7 Å². The highest BCUT2D eigenvalue weighted by molar-refractivity contribution is 7.98. The number of carbonyl (C=O) groups excluding carboxylic acids is 1. The van der Waals surface area contributed by atoms with Gasteiger partial charge in [-0.15, -0.1) is 0 Å². The highest BCUT2D eigenvalue weighted by Gasteiger charge is 2.17. The number of rotatable bonds is 6. The fraction of sp³-hybridized carbons (Fsp3) is 0.304. The van der Waals surface area contributed by atoms with Crippen LogP contribution in [0.25, 0.3) is 11.3 Å². The number of amides is 1. The predicted octanol–water partition coefficient (Wildman–Crippen LogP) is 2.33. The van der Waals surface area contributed by atoms with E-state index in [4.69, 9.17) is 5.11 Å². The van der Waals surface area contributed by atoms with E-state index in [9.17, 15) is 19.2 Å². The Labute approximate surface area is 199 Å². The summed E-state index contributed by atoms with van der Waals surface area (Å²) in [6.07, 6.45) is 5.32. The van der Waals surface area contributed by atoms with Gasteiger partial charge in [0.2, 0.25) is 0 Å². The van der Waals surface area contributed by atoms with Crippen LogP contribution >= 0.6 is 11.8 Å². The molecule has 178 valence electrons. The Morgan fingerprint density at radius 3 is 2.62 bits per heavy atom. The molecule has 1 aliphatic heterocycles. The van der Waals surface area contributed by atoms with Crippen molar-refractivity contribution in [2.45, 2.75) is 32.1 Å². The monoisotopic (exact) mass is 483 g/mol. The second-order valence-electron chi connectivity index (χ2n) is 7.39. The lowest BCUT2D eigenvalue weighted by Crippen LogP contribution is -2.36. The van der Waals surface area contributed by atoms with Gasteiger partial charge in [-0.05, 0) is 18.6 Å². The highest BCUT2D eigenvalue weighted by atomic mass is 32.2. The molecule has 0 radical (unpaired) electrons. The summed E-state index contributed by atoms with van der Waals surface area (Å²) in [6.45, 7) is 2.49. The van der Waals surface area contributed by atoms with Gasteiger partial charge in [0, 0.05) is 47.1 Å². The first-order chi connectivity index (χ1) is 16.4. The van der Waals surface area contributed by atoms with Crippen molar-refractivity contribution in [3.05, 3.63) is 80.5 Å². The van der Waals surface area contributed by atoms with Crippen LogP contribution in [0.15, 0.2) is 52.4 Å². The standard InChI is InChI=1S/C13H11N3O3.C10H14N2O2S/c17-12(8-16-13(18)19)10-3-1-9(2-4-10)11-7-14-5-6-15-11;1-2-4-12-8-3-5-15-6-7(8)9(13)11-10(12)14/h1-7,16H,8H2,(H,18,19);2-6H2,1H3,(H,11,13,14). The van der Waals surface area contributed by atoms with Crippen molar-refractivity contribution in [2.24, 2.45) is 0 Å². The van der Waals surface area contributed by atoms with E-state index >= 15 is 0 Å². The SMILES string of the molecule is CCCn1c2c(c(=O)[nH]c1=O)CSCC2.O=C(O)NCC(=O)c1ccc(-c2cnccn2)cc1. The minimum Gasteiger partial charge on any atom is -0.465 e. The van der Waals surface area contributed by atoms with Crippen molar-refractivity contribution in [3.8, 4) is 11.3 Å². The summed E-state index contributed by atoms with van der Waals surface area (Å²) >= 11 is 1.75. The van der Waals surface area contributed by atoms with Crippen molar-refractivity contribution in [1.29, 1.82) is 0 Å². The van der Waals surface area contributed by atoms with Gasteiger partial charge in [0.05, 0.1) is 18.4 Å². The van der Waals surface area contributed by atoms with Crippen LogP contribution in [0.3, 0.4) is 0 Å². The number of thioether (sulfide) groups is 1. The van der Waals surface area contributed by atoms with Crippen molar-refractivity contribution in [3.63, 3.8) is 0 Å². The highest BCUT2D eigenvalue weighted by Crippen LogP contribution is 2.20. The van der Waals surface area contributed by atoms with Gasteiger partial charge < -0.3 is 10.4 Å². The number of H-pyrrole nitrogens is 1. The quantitative estimate of drug-likeness (QED) is 0.453. The first kappa shape index (κ1) is 24.9. The molecular weight excluding hydrogens is 458 g/mol. The number of ketones is 1. The minimum absolute atomic E-state index is 0.199. The Bertz CT molecular complexity index is 1260. The fourth-order valence-electron chi connectivity index (χ4n) is 3.43. The number of carbonyl (C=O) groups is 2. The zero-order valence-corrected chi connectivity index (χ0v) is 19.4. The smallest absolute Gasteiger partial charge is 0.405 e. The summed E-state index contributed by atoms with van der Waals surface area (Å²) < 4.78 is 1.72. The van der Waals surface area contributed by atoms with Gasteiger partial charge >= 0.3 is 11.8 Å². The molecule has 11 heteroatoms. The van der Waals surface area contributed by atoms with Crippen LogP contribution in [0.5, 0.6) is 0 Å². The van der Waals surface area contributed by atoms with Crippen LogP contribution in [0.4, 0.5) is 4.79 Å². The maximum absolute atomic E-state index is 11.6. The largest absolute Gasteiger partial charge is 0.465 e. The average molecular weight is 484 g/mol. The Hall–Kier alpha value is -3.73. The molecule has 0 bridgehead atoms. The normalized spacial score (nSPS) is 12.1. The molecule has 1 amide bonds. The summed E-state index contributed by atoms with van der Waals surface area (Å²) in [5.41, 5.74) is 3.29. The molecule has 0 aliphatic carbocycles. The number of aromatic amines is 1. The lowest BCUT2D eigenvalue weighted by molar-refractivity contribution is 0.0987. The van der Waals surface area contributed by atoms with Crippen molar-refractivity contribution in [2.75, 3.05) is 12.3 Å². The van der Waals surface area contributed by atoms with Crippen molar-refractivity contribution < 1.29 is 14.7 Å². The predicted molar refractivity (Wildman–Crippen MR) is 129 cm³/mol. The molecule has 10 nitrogen and oxygen atoms in total. The number of nitrogens with one attached hydrogen (secondary N) is 2. The average Bonchev–Trinajstić information content (AvgIpc) is 2.86. The molecular formula is C23H25N5O5S. The summed E-state index contributed by atoms with van der Waals surface area (Å²) in [5.74, 6) is 1.45. The Morgan fingerprint density at radius 1 is 1.21 bits per heavy atom. The topological polar surface area (TPSA) is 147 Å². The van der Waals surface area contributed by atoms with E-state index in [2.05, 4.69) is 15.0 Å². The fourth-order valence-corrected chi connectivity index (χ4v) is 4.41. The van der Waals surface area contributed by atoms with Crippen LogP contribution in [0.2, 0.25) is 0 Å². The first-order valence-corrected chi connectivity index (χ1v) is 11.8. The van der Waals surface area contributed by atoms with E-state index in [0.717, 1.165) is 41.2 Å². The second kappa shape index (κ2) is 11.9. The lowest BCUT2D eigenvalue weighted by Gasteiger charge is -2.18. The third-order valence-corrected chi connectivity index (χ3v) is 6.04. The molecule has 0 fully saturated rings. The van der Waals surface area contributed by atoms with E-state index in [1.54, 1.807) is 59.2 Å². The van der Waals surface area contributed by atoms with Gasteiger partial charge in [-0.25, -0.2) is 9.59 Å². The Kier molecular flexibility index (Phi) is 8.74. The van der Waals surface area contributed by atoms with Gasteiger partial charge in [-0.1, -0.05) is 31.2 Å². The van der Waals surface area contributed by atoms with E-state index < -0.39 is 6.09 Å². The summed E-state index contributed by atoms with van der Waals surface area (Å²) in [7, 11) is 0. The number of aromatic nitrogens is 4. The number of carboxylic acid groups (broad SMARTS) is 1. The maximum Gasteiger partial charge on any atom is 0.405 e. The minimum atomic E-state index is -1.22. The van der Waals surface area contributed by atoms with E-state index in [1.807, 2.05) is 12.2 Å². The third kappa shape index (κ3) is 6.41. The van der Waals surface area contributed by atoms with E-state index in [1.165, 1.54) is 0 Å². The molecule has 3 aromatic rings. The Morgan fingerprint density at radius 2 is 1.97 bits per heavy atom. The molecule has 3 heterocycles. The number of benzene rings is 1. The van der Waals surface area contributed by atoms with Crippen LogP contribution in [0, 0.1) is 0 Å². The Balaban J connectivity index is 0.000000196. The van der Waals surface area contributed by atoms with Gasteiger partial charge in [0.1, 0.15) is 0 Å². The molecule has 0 unspecified atom stereocenters. The first-order valence-electron chi connectivity index (χ1n) is 10.7. The number of Topliss-reactive ketones (excluding diaryl/α,β-unsaturated/α-hetero) is 1. The van der Waals surface area contributed by atoms with E-state index in [0.29, 0.717) is 17.8 Å². The maximum atomic E-state index is 11.6. The molecule has 0 saturated heterocycles. The molecule has 0 atom stereocenters. The van der Waals surface area contributed by atoms with E-state index in [-0.39, 0.29) is 23.6 Å². The van der Waals surface area contributed by atoms with Crippen LogP contribution in [-0.4, -0.2) is 48.8 Å². The molecule has 3 N–H and O–H groups in total. The van der Waals surface area contributed by atoms with Gasteiger partial charge in [-0.3, -0.25) is 29.1 Å². The zero-order chi connectivity index (χ0) is 24.5. The molecule has 2 aromatic heterocycles. The number of hydrogen-bond acceptors (Lipinski definition) is 7. The number of fused-ring (bicyclic) bond motifs is 1. The molecule has 1 aromatic carbocycles.